The highest BCUT2D eigenvalue weighted by Gasteiger charge is 2.08. The SMILES string of the molecule is C=CCCC(C)NC(C)c1ccc(C#N)cc1. The summed E-state index contributed by atoms with van der Waals surface area (Å²) in [6, 6.07) is 10.7. The van der Waals surface area contributed by atoms with Gasteiger partial charge in [-0.25, -0.2) is 0 Å². The van der Waals surface area contributed by atoms with Crippen molar-refractivity contribution in [2.75, 3.05) is 0 Å². The second-order valence-electron chi connectivity index (χ2n) is 4.39. The van der Waals surface area contributed by atoms with Crippen LogP contribution >= 0.6 is 0 Å². The minimum atomic E-state index is 0.308. The average molecular weight is 228 g/mol. The Hall–Kier alpha value is -1.59. The molecular weight excluding hydrogens is 208 g/mol. The molecule has 0 spiro atoms. The molecular formula is C15H20N2. The van der Waals surface area contributed by atoms with Crippen LogP contribution in [0.25, 0.3) is 0 Å². The smallest absolute Gasteiger partial charge is 0.0991 e. The summed E-state index contributed by atoms with van der Waals surface area (Å²) in [6.45, 7) is 8.06. The highest BCUT2D eigenvalue weighted by atomic mass is 14.9. The molecule has 2 unspecified atom stereocenters. The van der Waals surface area contributed by atoms with Gasteiger partial charge in [0.15, 0.2) is 0 Å². The molecule has 90 valence electrons. The minimum Gasteiger partial charge on any atom is -0.308 e. The summed E-state index contributed by atoms with van der Waals surface area (Å²) < 4.78 is 0. The van der Waals surface area contributed by atoms with Gasteiger partial charge in [0.1, 0.15) is 0 Å². The quantitative estimate of drug-likeness (QED) is 0.756. The van der Waals surface area contributed by atoms with Crippen molar-refractivity contribution in [2.24, 2.45) is 0 Å². The maximum atomic E-state index is 8.73. The van der Waals surface area contributed by atoms with Crippen molar-refractivity contribution in [1.82, 2.24) is 5.32 Å². The molecule has 17 heavy (non-hydrogen) atoms. The molecule has 0 amide bonds. The summed E-state index contributed by atoms with van der Waals surface area (Å²) in [7, 11) is 0. The first-order chi connectivity index (χ1) is 8.17. The number of nitrogens with zero attached hydrogens (tertiary/aromatic N) is 1. The van der Waals surface area contributed by atoms with Gasteiger partial charge in [0.2, 0.25) is 0 Å². The Morgan fingerprint density at radius 1 is 1.35 bits per heavy atom. The molecule has 0 heterocycles. The summed E-state index contributed by atoms with van der Waals surface area (Å²) >= 11 is 0. The maximum absolute atomic E-state index is 8.73. The standard InChI is InChI=1S/C15H20N2/c1-4-5-6-12(2)17-13(3)15-9-7-14(11-16)8-10-15/h4,7-10,12-13,17H,1,5-6H2,2-3H3. The molecule has 1 N–H and O–H groups in total. The zero-order valence-electron chi connectivity index (χ0n) is 10.6. The first-order valence-electron chi connectivity index (χ1n) is 6.04. The topological polar surface area (TPSA) is 35.8 Å². The van der Waals surface area contributed by atoms with Gasteiger partial charge in [-0.1, -0.05) is 18.2 Å². The Labute approximate surface area is 104 Å². The normalized spacial score (nSPS) is 13.7. The highest BCUT2D eigenvalue weighted by Crippen LogP contribution is 2.14. The molecule has 0 saturated carbocycles. The van der Waals surface area contributed by atoms with E-state index in [0.29, 0.717) is 17.6 Å². The van der Waals surface area contributed by atoms with Crippen LogP contribution in [-0.4, -0.2) is 6.04 Å². The van der Waals surface area contributed by atoms with E-state index in [0.717, 1.165) is 12.8 Å². The van der Waals surface area contributed by atoms with Gasteiger partial charge in [-0.15, -0.1) is 6.58 Å². The van der Waals surface area contributed by atoms with E-state index in [9.17, 15) is 0 Å². The molecule has 2 heteroatoms. The third-order valence-corrected chi connectivity index (χ3v) is 2.88. The van der Waals surface area contributed by atoms with E-state index in [4.69, 9.17) is 5.26 Å². The van der Waals surface area contributed by atoms with Gasteiger partial charge in [0.05, 0.1) is 11.6 Å². The van der Waals surface area contributed by atoms with Crippen molar-refractivity contribution < 1.29 is 0 Å². The van der Waals surface area contributed by atoms with Crippen LogP contribution in [-0.2, 0) is 0 Å². The average Bonchev–Trinajstić information content (AvgIpc) is 2.36. The molecule has 0 aliphatic carbocycles. The Morgan fingerprint density at radius 3 is 2.53 bits per heavy atom. The van der Waals surface area contributed by atoms with Crippen molar-refractivity contribution in [2.45, 2.75) is 38.8 Å². The van der Waals surface area contributed by atoms with Crippen molar-refractivity contribution in [3.63, 3.8) is 0 Å². The van der Waals surface area contributed by atoms with Gasteiger partial charge in [0, 0.05) is 12.1 Å². The van der Waals surface area contributed by atoms with Gasteiger partial charge in [-0.2, -0.15) is 5.26 Å². The molecule has 0 aliphatic heterocycles. The molecule has 1 aromatic rings. The lowest BCUT2D eigenvalue weighted by Crippen LogP contribution is -2.28. The lowest BCUT2D eigenvalue weighted by molar-refractivity contribution is 0.459. The fourth-order valence-corrected chi connectivity index (χ4v) is 1.82. The summed E-state index contributed by atoms with van der Waals surface area (Å²) in [5.74, 6) is 0. The second kappa shape index (κ2) is 6.88. The van der Waals surface area contributed by atoms with Crippen LogP contribution in [0.2, 0.25) is 0 Å². The van der Waals surface area contributed by atoms with E-state index < -0.39 is 0 Å². The summed E-state index contributed by atoms with van der Waals surface area (Å²) in [5, 5.41) is 12.3. The third kappa shape index (κ3) is 4.42. The largest absolute Gasteiger partial charge is 0.308 e. The van der Waals surface area contributed by atoms with Gasteiger partial charge in [-0.3, -0.25) is 0 Å². The van der Waals surface area contributed by atoms with Crippen LogP contribution in [0.15, 0.2) is 36.9 Å². The van der Waals surface area contributed by atoms with Crippen LogP contribution in [0, 0.1) is 11.3 Å². The van der Waals surface area contributed by atoms with Crippen LogP contribution in [0.5, 0.6) is 0 Å². The number of nitriles is 1. The molecule has 1 rings (SSSR count). The number of allylic oxidation sites excluding steroid dienone is 1. The first kappa shape index (κ1) is 13.5. The molecule has 1 aromatic carbocycles. The van der Waals surface area contributed by atoms with Crippen molar-refractivity contribution in [3.05, 3.63) is 48.0 Å². The fourth-order valence-electron chi connectivity index (χ4n) is 1.82. The Morgan fingerprint density at radius 2 is 2.00 bits per heavy atom. The number of nitrogens with one attached hydrogen (secondary N) is 1. The number of hydrogen-bond donors (Lipinski definition) is 1. The lowest BCUT2D eigenvalue weighted by atomic mass is 10.0. The molecule has 0 saturated heterocycles. The third-order valence-electron chi connectivity index (χ3n) is 2.88. The molecule has 2 nitrogen and oxygen atoms in total. The molecule has 2 atom stereocenters. The van der Waals surface area contributed by atoms with E-state index in [2.05, 4.69) is 31.8 Å². The molecule has 0 radical (unpaired) electrons. The predicted molar refractivity (Wildman–Crippen MR) is 71.6 cm³/mol. The van der Waals surface area contributed by atoms with Gasteiger partial charge >= 0.3 is 0 Å². The van der Waals surface area contributed by atoms with E-state index in [1.165, 1.54) is 5.56 Å². The lowest BCUT2D eigenvalue weighted by Gasteiger charge is -2.20. The van der Waals surface area contributed by atoms with Gasteiger partial charge in [0.25, 0.3) is 0 Å². The van der Waals surface area contributed by atoms with Crippen LogP contribution in [0.4, 0.5) is 0 Å². The molecule has 0 aromatic heterocycles. The van der Waals surface area contributed by atoms with E-state index in [-0.39, 0.29) is 0 Å². The number of rotatable bonds is 6. The number of benzene rings is 1. The predicted octanol–water partition coefficient (Wildman–Crippen LogP) is 3.56. The second-order valence-corrected chi connectivity index (χ2v) is 4.39. The summed E-state index contributed by atoms with van der Waals surface area (Å²) in [4.78, 5) is 0. The van der Waals surface area contributed by atoms with Gasteiger partial charge < -0.3 is 5.32 Å². The minimum absolute atomic E-state index is 0.308. The highest BCUT2D eigenvalue weighted by molar-refractivity contribution is 5.32. The maximum Gasteiger partial charge on any atom is 0.0991 e. The number of hydrogen-bond acceptors (Lipinski definition) is 2. The zero-order chi connectivity index (χ0) is 12.7. The van der Waals surface area contributed by atoms with Crippen LogP contribution < -0.4 is 5.32 Å². The Kier molecular flexibility index (Phi) is 5.45. The van der Waals surface area contributed by atoms with Crippen LogP contribution in [0.3, 0.4) is 0 Å². The molecule has 0 fully saturated rings. The van der Waals surface area contributed by atoms with Crippen molar-refractivity contribution in [1.29, 1.82) is 5.26 Å². The summed E-state index contributed by atoms with van der Waals surface area (Å²) in [6.07, 6.45) is 4.09. The van der Waals surface area contributed by atoms with E-state index >= 15 is 0 Å². The fraction of sp³-hybridized carbons (Fsp3) is 0.400. The monoisotopic (exact) mass is 228 g/mol. The van der Waals surface area contributed by atoms with Crippen LogP contribution in [0.1, 0.15) is 43.9 Å². The molecule has 0 bridgehead atoms. The van der Waals surface area contributed by atoms with Crippen molar-refractivity contribution >= 4 is 0 Å². The Balaban J connectivity index is 2.54. The van der Waals surface area contributed by atoms with E-state index in [1.54, 1.807) is 0 Å². The van der Waals surface area contributed by atoms with Crippen molar-refractivity contribution in [3.8, 4) is 6.07 Å². The molecule has 0 aliphatic rings. The van der Waals surface area contributed by atoms with E-state index in [1.807, 2.05) is 30.3 Å². The Bertz CT molecular complexity index is 386. The van der Waals surface area contributed by atoms with Gasteiger partial charge in [-0.05, 0) is 44.4 Å². The zero-order valence-corrected chi connectivity index (χ0v) is 10.6. The summed E-state index contributed by atoms with van der Waals surface area (Å²) in [5.41, 5.74) is 1.93. The first-order valence-corrected chi connectivity index (χ1v) is 6.04.